The predicted octanol–water partition coefficient (Wildman–Crippen LogP) is 5.41. The molecule has 204 valence electrons. The van der Waals surface area contributed by atoms with Gasteiger partial charge in [0.05, 0.1) is 11.9 Å². The van der Waals surface area contributed by atoms with E-state index < -0.39 is 6.04 Å². The Hall–Kier alpha value is -4.07. The summed E-state index contributed by atoms with van der Waals surface area (Å²) < 4.78 is 1.80. The van der Waals surface area contributed by atoms with Gasteiger partial charge >= 0.3 is 0 Å². The van der Waals surface area contributed by atoms with Crippen molar-refractivity contribution in [2.45, 2.75) is 78.4 Å². The molecular formula is C31H38N6O2. The van der Waals surface area contributed by atoms with Gasteiger partial charge in [0.2, 0.25) is 11.8 Å². The fourth-order valence-electron chi connectivity index (χ4n) is 5.19. The molecule has 1 aliphatic rings. The number of aromatic nitrogens is 4. The number of aryl methyl sites for hydroxylation is 1. The summed E-state index contributed by atoms with van der Waals surface area (Å²) in [5.74, 6) is 0.354. The summed E-state index contributed by atoms with van der Waals surface area (Å²) in [7, 11) is 0. The molecule has 0 bridgehead atoms. The van der Waals surface area contributed by atoms with E-state index in [9.17, 15) is 9.59 Å². The van der Waals surface area contributed by atoms with Gasteiger partial charge in [-0.15, -0.1) is 0 Å². The lowest BCUT2D eigenvalue weighted by Gasteiger charge is -2.35. The number of nitrogens with zero attached hydrogens (tertiary/aromatic N) is 5. The lowest BCUT2D eigenvalue weighted by Crippen LogP contribution is -2.54. The van der Waals surface area contributed by atoms with Crippen LogP contribution in [0.1, 0.15) is 58.7 Å². The Bertz CT molecular complexity index is 1340. The minimum Gasteiger partial charge on any atom is -0.351 e. The second-order valence-corrected chi connectivity index (χ2v) is 9.97. The normalized spacial score (nSPS) is 15.6. The summed E-state index contributed by atoms with van der Waals surface area (Å²) >= 11 is 0. The number of amides is 2. The van der Waals surface area contributed by atoms with Gasteiger partial charge in [0, 0.05) is 42.1 Å². The van der Waals surface area contributed by atoms with E-state index in [2.05, 4.69) is 20.3 Å². The maximum absolute atomic E-state index is 14.2. The van der Waals surface area contributed by atoms with Crippen LogP contribution in [0.5, 0.6) is 0 Å². The summed E-state index contributed by atoms with van der Waals surface area (Å²) in [6.45, 7) is 7.77. The molecule has 1 saturated carbocycles. The van der Waals surface area contributed by atoms with Crippen molar-refractivity contribution in [2.24, 2.45) is 0 Å². The molecule has 1 fully saturated rings. The molecule has 1 atom stereocenters. The molecule has 1 aromatic carbocycles. The maximum Gasteiger partial charge on any atom is 0.248 e. The molecule has 39 heavy (non-hydrogen) atoms. The minimum atomic E-state index is -0.846. The summed E-state index contributed by atoms with van der Waals surface area (Å²) in [6.07, 6.45) is 17.6. The van der Waals surface area contributed by atoms with Crippen LogP contribution in [-0.2, 0) is 16.1 Å². The van der Waals surface area contributed by atoms with Gasteiger partial charge in [0.15, 0.2) is 0 Å². The van der Waals surface area contributed by atoms with E-state index in [4.69, 9.17) is 0 Å². The van der Waals surface area contributed by atoms with Crippen molar-refractivity contribution >= 4 is 17.5 Å². The topological polar surface area (TPSA) is 93.0 Å². The molecule has 4 rings (SSSR count). The number of rotatable bonds is 9. The molecule has 8 nitrogen and oxygen atoms in total. The van der Waals surface area contributed by atoms with E-state index in [0.29, 0.717) is 11.4 Å². The van der Waals surface area contributed by atoms with Gasteiger partial charge in [0.1, 0.15) is 18.4 Å². The van der Waals surface area contributed by atoms with Crippen LogP contribution in [0.2, 0.25) is 0 Å². The first-order chi connectivity index (χ1) is 18.9. The Balaban J connectivity index is 1.82. The van der Waals surface area contributed by atoms with Gasteiger partial charge in [0.25, 0.3) is 0 Å². The van der Waals surface area contributed by atoms with Gasteiger partial charge in [-0.1, -0.05) is 43.5 Å². The summed E-state index contributed by atoms with van der Waals surface area (Å²) in [5.41, 5.74) is 3.87. The van der Waals surface area contributed by atoms with Crippen molar-refractivity contribution in [3.8, 4) is 11.3 Å². The highest BCUT2D eigenvalue weighted by molar-refractivity contribution is 6.03. The van der Waals surface area contributed by atoms with Crippen LogP contribution in [0.3, 0.4) is 0 Å². The molecule has 0 aliphatic heterocycles. The second kappa shape index (κ2) is 13.1. The minimum absolute atomic E-state index is 0.0558. The van der Waals surface area contributed by atoms with Gasteiger partial charge in [-0.25, -0.2) is 4.98 Å². The van der Waals surface area contributed by atoms with Crippen molar-refractivity contribution in [3.05, 3.63) is 84.4 Å². The van der Waals surface area contributed by atoms with Crippen LogP contribution in [0, 0.1) is 6.92 Å². The lowest BCUT2D eigenvalue weighted by atomic mass is 9.92. The van der Waals surface area contributed by atoms with Crippen LogP contribution in [0.15, 0.2) is 78.5 Å². The number of hydrogen-bond acceptors (Lipinski definition) is 5. The summed E-state index contributed by atoms with van der Waals surface area (Å²) in [5, 5.41) is 3.29. The standard InChI is InChI=1S/C31H38N6O2/c1-5-22(3)27(6-2)30(31(39)35-25-12-8-7-9-13-25)37(29(38)21-36-18-17-33-23(36)4)26-14-10-11-24(19-26)28-20-32-15-16-34-28/h5-6,10-11,14-20,25,30H,7-9,12-13,21H2,1-4H3,(H,35,39)/b22-5-,27-6+. The average molecular weight is 527 g/mol. The fourth-order valence-corrected chi connectivity index (χ4v) is 5.19. The Labute approximate surface area is 230 Å². The lowest BCUT2D eigenvalue weighted by molar-refractivity contribution is -0.126. The highest BCUT2D eigenvalue weighted by Crippen LogP contribution is 2.30. The van der Waals surface area contributed by atoms with Crippen molar-refractivity contribution in [3.63, 3.8) is 0 Å². The number of allylic oxidation sites excluding steroid dienone is 2. The molecule has 0 saturated heterocycles. The van der Waals surface area contributed by atoms with Crippen LogP contribution < -0.4 is 10.2 Å². The molecule has 2 heterocycles. The summed E-state index contributed by atoms with van der Waals surface area (Å²) in [4.78, 5) is 42.9. The Morgan fingerprint density at radius 2 is 1.90 bits per heavy atom. The first kappa shape index (κ1) is 28.0. The third kappa shape index (κ3) is 6.69. The third-order valence-corrected chi connectivity index (χ3v) is 7.43. The number of carbonyl (C=O) groups excluding carboxylic acids is 2. The number of anilines is 1. The molecule has 2 amide bonds. The van der Waals surface area contributed by atoms with Gasteiger partial charge in [-0.05, 0) is 63.8 Å². The quantitative estimate of drug-likeness (QED) is 0.376. The van der Waals surface area contributed by atoms with E-state index >= 15 is 0 Å². The zero-order valence-electron chi connectivity index (χ0n) is 23.3. The number of hydrogen-bond donors (Lipinski definition) is 1. The summed E-state index contributed by atoms with van der Waals surface area (Å²) in [6, 6.07) is 6.86. The largest absolute Gasteiger partial charge is 0.351 e. The average Bonchev–Trinajstić information content (AvgIpc) is 3.37. The molecule has 2 aromatic heterocycles. The van der Waals surface area contributed by atoms with Crippen molar-refractivity contribution in [1.82, 2.24) is 24.8 Å². The van der Waals surface area contributed by atoms with Gasteiger partial charge in [-0.3, -0.25) is 24.5 Å². The van der Waals surface area contributed by atoms with Gasteiger partial charge in [-0.2, -0.15) is 0 Å². The Morgan fingerprint density at radius 3 is 2.54 bits per heavy atom. The molecule has 0 spiro atoms. The Kier molecular flexibility index (Phi) is 9.41. The van der Waals surface area contributed by atoms with E-state index in [-0.39, 0.29) is 24.4 Å². The molecule has 8 heteroatoms. The van der Waals surface area contributed by atoms with Crippen LogP contribution in [0.25, 0.3) is 11.3 Å². The highest BCUT2D eigenvalue weighted by Gasteiger charge is 2.36. The first-order valence-electron chi connectivity index (χ1n) is 13.7. The fraction of sp³-hybridized carbons (Fsp3) is 0.387. The van der Waals surface area contributed by atoms with E-state index in [1.54, 1.807) is 40.5 Å². The highest BCUT2D eigenvalue weighted by atomic mass is 16.2. The van der Waals surface area contributed by atoms with Crippen LogP contribution in [-0.4, -0.2) is 43.4 Å². The number of nitrogens with one attached hydrogen (secondary N) is 1. The maximum atomic E-state index is 14.2. The molecular weight excluding hydrogens is 488 g/mol. The number of imidazole rings is 1. The number of benzene rings is 1. The zero-order chi connectivity index (χ0) is 27.8. The predicted molar refractivity (Wildman–Crippen MR) is 154 cm³/mol. The molecule has 0 radical (unpaired) electrons. The van der Waals surface area contributed by atoms with E-state index in [0.717, 1.165) is 48.2 Å². The second-order valence-electron chi connectivity index (χ2n) is 9.97. The van der Waals surface area contributed by atoms with E-state index in [1.165, 1.54) is 6.42 Å². The molecule has 1 unspecified atom stereocenters. The molecule has 1 N–H and O–H groups in total. The Morgan fingerprint density at radius 1 is 1.10 bits per heavy atom. The van der Waals surface area contributed by atoms with Gasteiger partial charge < -0.3 is 9.88 Å². The smallest absolute Gasteiger partial charge is 0.248 e. The molecule has 3 aromatic rings. The number of carbonyl (C=O) groups is 2. The van der Waals surface area contributed by atoms with Crippen molar-refractivity contribution in [1.29, 1.82) is 0 Å². The van der Waals surface area contributed by atoms with Crippen LogP contribution >= 0.6 is 0 Å². The zero-order valence-corrected chi connectivity index (χ0v) is 23.3. The SMILES string of the molecule is C/C=C(C)\C(=C/C)C(C(=O)NC1CCCCC1)N(C(=O)Cn1ccnc1C)c1cccc(-c2cnccn2)c1. The molecule has 1 aliphatic carbocycles. The third-order valence-electron chi connectivity index (χ3n) is 7.43. The first-order valence-corrected chi connectivity index (χ1v) is 13.7. The van der Waals surface area contributed by atoms with Crippen LogP contribution in [0.4, 0.5) is 5.69 Å². The monoisotopic (exact) mass is 526 g/mol. The van der Waals surface area contributed by atoms with Crippen molar-refractivity contribution < 1.29 is 9.59 Å². The van der Waals surface area contributed by atoms with Crippen molar-refractivity contribution in [2.75, 3.05) is 4.90 Å². The van der Waals surface area contributed by atoms with E-state index in [1.807, 2.05) is 64.1 Å².